The highest BCUT2D eigenvalue weighted by Gasteiger charge is 2.34. The van der Waals surface area contributed by atoms with Crippen LogP contribution in [0.3, 0.4) is 0 Å². The van der Waals surface area contributed by atoms with Crippen LogP contribution in [0.4, 0.5) is 5.69 Å². The Kier molecular flexibility index (Phi) is 3.27. The second-order valence-electron chi connectivity index (χ2n) is 5.66. The molecule has 0 amide bonds. The minimum Gasteiger partial charge on any atom is -0.380 e. The van der Waals surface area contributed by atoms with E-state index in [1.807, 2.05) is 12.1 Å². The van der Waals surface area contributed by atoms with E-state index in [0.717, 1.165) is 12.2 Å². The predicted octanol–water partition coefficient (Wildman–Crippen LogP) is 1.60. The van der Waals surface area contributed by atoms with Gasteiger partial charge in [-0.2, -0.15) is 0 Å². The Morgan fingerprint density at radius 3 is 2.47 bits per heavy atom. The molecule has 1 N–H and O–H groups in total. The van der Waals surface area contributed by atoms with E-state index in [9.17, 15) is 8.42 Å². The minimum atomic E-state index is -3.17. The van der Waals surface area contributed by atoms with Crippen LogP contribution in [-0.2, 0) is 9.84 Å². The van der Waals surface area contributed by atoms with Gasteiger partial charge in [-0.15, -0.1) is 0 Å². The van der Waals surface area contributed by atoms with Crippen molar-refractivity contribution in [3.05, 3.63) is 24.3 Å². The summed E-state index contributed by atoms with van der Waals surface area (Å²) in [5, 5.41) is 3.47. The van der Waals surface area contributed by atoms with E-state index in [-0.39, 0.29) is 0 Å². The second kappa shape index (κ2) is 4.80. The van der Waals surface area contributed by atoms with Crippen LogP contribution < -0.4 is 5.32 Å². The van der Waals surface area contributed by atoms with Gasteiger partial charge in [-0.25, -0.2) is 8.42 Å². The Morgan fingerprint density at radius 1 is 1.21 bits per heavy atom. The molecule has 4 nitrogen and oxygen atoms in total. The van der Waals surface area contributed by atoms with Gasteiger partial charge in [0.2, 0.25) is 0 Å². The number of hydrogen-bond acceptors (Lipinski definition) is 4. The van der Waals surface area contributed by atoms with Gasteiger partial charge in [0.15, 0.2) is 9.84 Å². The highest BCUT2D eigenvalue weighted by atomic mass is 32.2. The average Bonchev–Trinajstić information content (AvgIpc) is 2.39. The minimum absolute atomic E-state index is 0.380. The largest absolute Gasteiger partial charge is 0.380 e. The van der Waals surface area contributed by atoms with Crippen molar-refractivity contribution in [2.24, 2.45) is 5.92 Å². The summed E-state index contributed by atoms with van der Waals surface area (Å²) in [5.41, 5.74) is 0.753. The molecule has 3 aliphatic heterocycles. The van der Waals surface area contributed by atoms with Gasteiger partial charge >= 0.3 is 0 Å². The molecule has 104 valence electrons. The molecule has 1 aromatic rings. The van der Waals surface area contributed by atoms with Gasteiger partial charge in [-0.05, 0) is 44.0 Å². The third kappa shape index (κ3) is 2.62. The lowest BCUT2D eigenvalue weighted by Gasteiger charge is -2.45. The molecule has 0 aliphatic carbocycles. The third-order valence-electron chi connectivity index (χ3n) is 4.28. The molecule has 3 saturated heterocycles. The number of sulfone groups is 1. The SMILES string of the molecule is CS(=O)(=O)c1ccccc1NC1CN2CCC1CC2. The van der Waals surface area contributed by atoms with Crippen molar-refractivity contribution in [3.63, 3.8) is 0 Å². The van der Waals surface area contributed by atoms with E-state index in [4.69, 9.17) is 0 Å². The Bertz CT molecular complexity index is 563. The lowest BCUT2D eigenvalue weighted by atomic mass is 9.84. The first-order valence-electron chi connectivity index (χ1n) is 6.82. The monoisotopic (exact) mass is 280 g/mol. The van der Waals surface area contributed by atoms with E-state index in [2.05, 4.69) is 10.2 Å². The average molecular weight is 280 g/mol. The van der Waals surface area contributed by atoms with Crippen LogP contribution in [0.25, 0.3) is 0 Å². The predicted molar refractivity (Wildman–Crippen MR) is 76.1 cm³/mol. The van der Waals surface area contributed by atoms with Crippen molar-refractivity contribution in [3.8, 4) is 0 Å². The van der Waals surface area contributed by atoms with Crippen LogP contribution in [-0.4, -0.2) is 45.2 Å². The van der Waals surface area contributed by atoms with Gasteiger partial charge in [-0.3, -0.25) is 0 Å². The fourth-order valence-electron chi connectivity index (χ4n) is 3.24. The number of benzene rings is 1. The molecule has 3 fully saturated rings. The number of nitrogens with zero attached hydrogens (tertiary/aromatic N) is 1. The van der Waals surface area contributed by atoms with Crippen LogP contribution in [0.1, 0.15) is 12.8 Å². The van der Waals surface area contributed by atoms with Crippen LogP contribution in [0.15, 0.2) is 29.2 Å². The van der Waals surface area contributed by atoms with E-state index in [0.29, 0.717) is 16.9 Å². The van der Waals surface area contributed by atoms with Gasteiger partial charge in [0.05, 0.1) is 10.6 Å². The zero-order valence-corrected chi connectivity index (χ0v) is 12.0. The number of fused-ring (bicyclic) bond motifs is 3. The Labute approximate surface area is 114 Å². The van der Waals surface area contributed by atoms with E-state index >= 15 is 0 Å². The summed E-state index contributed by atoms with van der Waals surface area (Å²) in [6.07, 6.45) is 3.71. The number of nitrogens with one attached hydrogen (secondary N) is 1. The molecule has 0 spiro atoms. The summed E-state index contributed by atoms with van der Waals surface area (Å²) in [6.45, 7) is 3.41. The molecule has 0 saturated carbocycles. The first-order chi connectivity index (χ1) is 9.04. The summed E-state index contributed by atoms with van der Waals surface area (Å²) in [4.78, 5) is 2.87. The van der Waals surface area contributed by atoms with Gasteiger partial charge in [0.25, 0.3) is 0 Å². The van der Waals surface area contributed by atoms with Gasteiger partial charge in [0.1, 0.15) is 0 Å². The molecule has 3 heterocycles. The molecular formula is C14H20N2O2S. The molecule has 0 aromatic heterocycles. The van der Waals surface area contributed by atoms with Gasteiger partial charge in [-0.1, -0.05) is 12.1 Å². The number of hydrogen-bond donors (Lipinski definition) is 1. The zero-order chi connectivity index (χ0) is 13.5. The highest BCUT2D eigenvalue weighted by Crippen LogP contribution is 2.31. The third-order valence-corrected chi connectivity index (χ3v) is 5.44. The van der Waals surface area contributed by atoms with Crippen LogP contribution in [0.2, 0.25) is 0 Å². The molecule has 4 rings (SSSR count). The molecule has 1 aromatic carbocycles. The second-order valence-corrected chi connectivity index (χ2v) is 7.64. The molecular weight excluding hydrogens is 260 g/mol. The molecule has 3 aliphatic rings. The first kappa shape index (κ1) is 12.9. The van der Waals surface area contributed by atoms with Crippen LogP contribution >= 0.6 is 0 Å². The number of para-hydroxylation sites is 1. The maximum absolute atomic E-state index is 11.8. The fourth-order valence-corrected chi connectivity index (χ4v) is 4.09. The first-order valence-corrected chi connectivity index (χ1v) is 8.71. The topological polar surface area (TPSA) is 49.4 Å². The van der Waals surface area contributed by atoms with Crippen molar-refractivity contribution in [2.45, 2.75) is 23.8 Å². The van der Waals surface area contributed by atoms with E-state index < -0.39 is 9.84 Å². The fraction of sp³-hybridized carbons (Fsp3) is 0.571. The van der Waals surface area contributed by atoms with Crippen LogP contribution in [0, 0.1) is 5.92 Å². The summed E-state index contributed by atoms with van der Waals surface area (Å²) in [7, 11) is -3.17. The lowest BCUT2D eigenvalue weighted by Crippen LogP contribution is -2.53. The normalized spacial score (nSPS) is 30.3. The van der Waals surface area contributed by atoms with Crippen molar-refractivity contribution >= 4 is 15.5 Å². The van der Waals surface area contributed by atoms with Crippen molar-refractivity contribution in [1.29, 1.82) is 0 Å². The Balaban J connectivity index is 1.84. The molecule has 1 unspecified atom stereocenters. The zero-order valence-electron chi connectivity index (χ0n) is 11.2. The quantitative estimate of drug-likeness (QED) is 0.913. The number of piperidine rings is 3. The van der Waals surface area contributed by atoms with Crippen LogP contribution in [0.5, 0.6) is 0 Å². The lowest BCUT2D eigenvalue weighted by molar-refractivity contribution is 0.0974. The summed E-state index contributed by atoms with van der Waals surface area (Å²) in [5.74, 6) is 0.678. The summed E-state index contributed by atoms with van der Waals surface area (Å²) < 4.78 is 23.6. The Morgan fingerprint density at radius 2 is 1.89 bits per heavy atom. The Hall–Kier alpha value is -1.07. The number of rotatable bonds is 3. The molecule has 19 heavy (non-hydrogen) atoms. The maximum Gasteiger partial charge on any atom is 0.177 e. The molecule has 5 heteroatoms. The molecule has 1 atom stereocenters. The van der Waals surface area contributed by atoms with Gasteiger partial charge < -0.3 is 10.2 Å². The van der Waals surface area contributed by atoms with Gasteiger partial charge in [0, 0.05) is 18.8 Å². The smallest absolute Gasteiger partial charge is 0.177 e. The van der Waals surface area contributed by atoms with Crippen molar-refractivity contribution in [1.82, 2.24) is 4.90 Å². The number of anilines is 1. The molecule has 2 bridgehead atoms. The van der Waals surface area contributed by atoms with E-state index in [1.165, 1.54) is 32.2 Å². The molecule has 0 radical (unpaired) electrons. The van der Waals surface area contributed by atoms with Crippen molar-refractivity contribution < 1.29 is 8.42 Å². The summed E-state index contributed by atoms with van der Waals surface area (Å²) >= 11 is 0. The van der Waals surface area contributed by atoms with Crippen molar-refractivity contribution in [2.75, 3.05) is 31.2 Å². The maximum atomic E-state index is 11.8. The standard InChI is InChI=1S/C14H20N2O2S/c1-19(17,18)14-5-3-2-4-12(14)15-13-10-16-8-6-11(13)7-9-16/h2-5,11,13,15H,6-10H2,1H3. The highest BCUT2D eigenvalue weighted by molar-refractivity contribution is 7.90. The van der Waals surface area contributed by atoms with E-state index in [1.54, 1.807) is 12.1 Å². The summed E-state index contributed by atoms with van der Waals surface area (Å²) in [6, 6.07) is 7.59.